The van der Waals surface area contributed by atoms with Gasteiger partial charge in [0.25, 0.3) is 0 Å². The van der Waals surface area contributed by atoms with Gasteiger partial charge in [-0.3, -0.25) is 0 Å². The molecular formula is C14H8O5S. The lowest BCUT2D eigenvalue weighted by atomic mass is 10.2. The highest BCUT2D eigenvalue weighted by Gasteiger charge is 2.26. The first-order valence-corrected chi connectivity index (χ1v) is 6.48. The van der Waals surface area contributed by atoms with Crippen molar-refractivity contribution in [2.45, 2.75) is 9.79 Å². The van der Waals surface area contributed by atoms with E-state index in [0.29, 0.717) is 21.3 Å². The van der Waals surface area contributed by atoms with Gasteiger partial charge in [-0.05, 0) is 24.3 Å². The predicted octanol–water partition coefficient (Wildman–Crippen LogP) is 3.34. The zero-order chi connectivity index (χ0) is 14.3. The van der Waals surface area contributed by atoms with Gasteiger partial charge in [0.1, 0.15) is 11.5 Å². The summed E-state index contributed by atoms with van der Waals surface area (Å²) in [6.45, 7) is 0. The Morgan fingerprint density at radius 3 is 1.70 bits per heavy atom. The van der Waals surface area contributed by atoms with Crippen molar-refractivity contribution in [1.82, 2.24) is 0 Å². The Bertz CT molecular complexity index is 677. The number of fused-ring (bicyclic) bond motifs is 2. The minimum absolute atomic E-state index is 0.0957. The summed E-state index contributed by atoms with van der Waals surface area (Å²) in [7, 11) is 0. The van der Waals surface area contributed by atoms with Crippen LogP contribution in [0.15, 0.2) is 46.2 Å². The van der Waals surface area contributed by atoms with Crippen molar-refractivity contribution >= 4 is 23.7 Å². The Labute approximate surface area is 117 Å². The summed E-state index contributed by atoms with van der Waals surface area (Å²) in [5.41, 5.74) is 0.191. The van der Waals surface area contributed by atoms with Gasteiger partial charge >= 0.3 is 11.9 Å². The van der Waals surface area contributed by atoms with Gasteiger partial charge in [0.2, 0.25) is 0 Å². The van der Waals surface area contributed by atoms with E-state index in [0.717, 1.165) is 11.8 Å². The largest absolute Gasteiger partial charge is 0.478 e. The molecule has 0 radical (unpaired) electrons. The van der Waals surface area contributed by atoms with E-state index >= 15 is 0 Å². The molecule has 0 saturated heterocycles. The summed E-state index contributed by atoms with van der Waals surface area (Å²) in [5, 5.41) is 18.4. The summed E-state index contributed by atoms with van der Waals surface area (Å²) in [4.78, 5) is 23.3. The van der Waals surface area contributed by atoms with E-state index in [1.54, 1.807) is 24.3 Å². The first-order valence-electron chi connectivity index (χ1n) is 5.66. The number of hydrogen-bond acceptors (Lipinski definition) is 4. The monoisotopic (exact) mass is 288 g/mol. The normalized spacial score (nSPS) is 12.0. The Hall–Kier alpha value is -2.47. The van der Waals surface area contributed by atoms with Crippen molar-refractivity contribution in [3.05, 3.63) is 47.5 Å². The number of rotatable bonds is 2. The highest BCUT2D eigenvalue weighted by molar-refractivity contribution is 7.99. The van der Waals surface area contributed by atoms with Crippen molar-refractivity contribution in [2.24, 2.45) is 0 Å². The molecule has 1 aliphatic rings. The minimum Gasteiger partial charge on any atom is -0.478 e. The van der Waals surface area contributed by atoms with E-state index in [-0.39, 0.29) is 11.1 Å². The van der Waals surface area contributed by atoms with E-state index in [4.69, 9.17) is 4.74 Å². The van der Waals surface area contributed by atoms with Crippen molar-refractivity contribution in [3.8, 4) is 11.5 Å². The van der Waals surface area contributed by atoms with Crippen LogP contribution in [-0.2, 0) is 0 Å². The van der Waals surface area contributed by atoms with Crippen LogP contribution in [0.4, 0.5) is 0 Å². The van der Waals surface area contributed by atoms with Crippen molar-refractivity contribution in [2.75, 3.05) is 0 Å². The lowest BCUT2D eigenvalue weighted by molar-refractivity contribution is 0.0683. The average Bonchev–Trinajstić information content (AvgIpc) is 2.43. The zero-order valence-electron chi connectivity index (χ0n) is 9.99. The van der Waals surface area contributed by atoms with Crippen LogP contribution in [0.5, 0.6) is 11.5 Å². The van der Waals surface area contributed by atoms with Gasteiger partial charge < -0.3 is 14.9 Å². The molecule has 1 heterocycles. The van der Waals surface area contributed by atoms with Gasteiger partial charge in [0, 0.05) is 0 Å². The third-order valence-electron chi connectivity index (χ3n) is 2.84. The van der Waals surface area contributed by atoms with Gasteiger partial charge in [-0.25, -0.2) is 9.59 Å². The second kappa shape index (κ2) is 4.57. The summed E-state index contributed by atoms with van der Waals surface area (Å²) >= 11 is 1.11. The molecule has 2 N–H and O–H groups in total. The Balaban J connectivity index is 2.18. The highest BCUT2D eigenvalue weighted by atomic mass is 32.2. The SMILES string of the molecule is O=C(O)c1cccc2c1Sc1c(cccc1C(=O)O)O2. The molecule has 6 heteroatoms. The number of carbonyl (C=O) groups is 2. The molecule has 20 heavy (non-hydrogen) atoms. The van der Waals surface area contributed by atoms with E-state index in [9.17, 15) is 19.8 Å². The molecule has 0 unspecified atom stereocenters. The molecule has 0 atom stereocenters. The van der Waals surface area contributed by atoms with E-state index in [1.807, 2.05) is 0 Å². The van der Waals surface area contributed by atoms with Gasteiger partial charge in [-0.2, -0.15) is 0 Å². The summed E-state index contributed by atoms with van der Waals surface area (Å²) in [6.07, 6.45) is 0. The van der Waals surface area contributed by atoms with Crippen LogP contribution >= 0.6 is 11.8 Å². The molecule has 5 nitrogen and oxygen atoms in total. The standard InChI is InChI=1S/C14H8O5S/c15-13(16)7-3-1-5-9-11(7)20-12-8(14(17)18)4-2-6-10(12)19-9/h1-6H,(H,15,16)(H,17,18). The van der Waals surface area contributed by atoms with Gasteiger partial charge in [-0.1, -0.05) is 23.9 Å². The fraction of sp³-hybridized carbons (Fsp3) is 0. The maximum Gasteiger partial charge on any atom is 0.336 e. The number of carboxylic acids is 2. The van der Waals surface area contributed by atoms with Crippen LogP contribution in [0.2, 0.25) is 0 Å². The minimum atomic E-state index is -1.07. The Morgan fingerprint density at radius 1 is 0.850 bits per heavy atom. The number of ether oxygens (including phenoxy) is 1. The quantitative estimate of drug-likeness (QED) is 0.752. The first kappa shape index (κ1) is 12.6. The van der Waals surface area contributed by atoms with Gasteiger partial charge in [0.15, 0.2) is 0 Å². The van der Waals surface area contributed by atoms with E-state index in [1.165, 1.54) is 12.1 Å². The summed E-state index contributed by atoms with van der Waals surface area (Å²) in [6, 6.07) is 9.43. The smallest absolute Gasteiger partial charge is 0.336 e. The van der Waals surface area contributed by atoms with Crippen molar-refractivity contribution in [1.29, 1.82) is 0 Å². The number of aromatic carboxylic acids is 2. The molecule has 0 spiro atoms. The van der Waals surface area contributed by atoms with Crippen LogP contribution in [0.25, 0.3) is 0 Å². The van der Waals surface area contributed by atoms with Crippen molar-refractivity contribution < 1.29 is 24.5 Å². The van der Waals surface area contributed by atoms with Gasteiger partial charge in [-0.15, -0.1) is 0 Å². The average molecular weight is 288 g/mol. The predicted molar refractivity (Wildman–Crippen MR) is 71.0 cm³/mol. The molecule has 1 aliphatic heterocycles. The molecule has 2 aromatic carbocycles. The van der Waals surface area contributed by atoms with Crippen LogP contribution in [-0.4, -0.2) is 22.2 Å². The lowest BCUT2D eigenvalue weighted by Gasteiger charge is -2.21. The zero-order valence-corrected chi connectivity index (χ0v) is 10.8. The molecule has 0 bridgehead atoms. The third-order valence-corrected chi connectivity index (χ3v) is 4.09. The molecular weight excluding hydrogens is 280 g/mol. The van der Waals surface area contributed by atoms with Crippen LogP contribution < -0.4 is 4.74 Å². The first-order chi connectivity index (χ1) is 9.58. The molecule has 3 rings (SSSR count). The number of carboxylic acid groups (broad SMARTS) is 2. The molecule has 0 fully saturated rings. The highest BCUT2D eigenvalue weighted by Crippen LogP contribution is 2.49. The van der Waals surface area contributed by atoms with Gasteiger partial charge in [0.05, 0.1) is 20.9 Å². The van der Waals surface area contributed by atoms with E-state index < -0.39 is 11.9 Å². The number of hydrogen-bond donors (Lipinski definition) is 2. The third kappa shape index (κ3) is 1.90. The summed E-state index contributed by atoms with van der Waals surface area (Å²) < 4.78 is 5.61. The molecule has 2 aromatic rings. The second-order valence-corrected chi connectivity index (χ2v) is 5.10. The molecule has 0 aromatic heterocycles. The van der Waals surface area contributed by atoms with Crippen molar-refractivity contribution in [3.63, 3.8) is 0 Å². The summed E-state index contributed by atoms with van der Waals surface area (Å²) in [5.74, 6) is -1.31. The molecule has 0 aliphatic carbocycles. The fourth-order valence-corrected chi connectivity index (χ4v) is 3.12. The lowest BCUT2D eigenvalue weighted by Crippen LogP contribution is -2.07. The Morgan fingerprint density at radius 2 is 1.30 bits per heavy atom. The van der Waals surface area contributed by atoms with Crippen LogP contribution in [0.1, 0.15) is 20.7 Å². The molecule has 0 saturated carbocycles. The second-order valence-electron chi connectivity index (χ2n) is 4.08. The topological polar surface area (TPSA) is 83.8 Å². The molecule has 0 amide bonds. The molecule has 100 valence electrons. The fourth-order valence-electron chi connectivity index (χ4n) is 1.96. The maximum atomic E-state index is 11.2. The Kier molecular flexibility index (Phi) is 2.87. The van der Waals surface area contributed by atoms with Crippen LogP contribution in [0, 0.1) is 0 Å². The number of benzene rings is 2. The van der Waals surface area contributed by atoms with Crippen LogP contribution in [0.3, 0.4) is 0 Å². The van der Waals surface area contributed by atoms with E-state index in [2.05, 4.69) is 0 Å². The maximum absolute atomic E-state index is 11.2.